The minimum atomic E-state index is 0.785. The Bertz CT molecular complexity index is 385. The lowest BCUT2D eigenvalue weighted by atomic mass is 10.1. The zero-order valence-electron chi connectivity index (χ0n) is 8.03. The van der Waals surface area contributed by atoms with Crippen LogP contribution in [0.4, 0.5) is 11.4 Å². The molecule has 14 heavy (non-hydrogen) atoms. The molecule has 1 aliphatic heterocycles. The number of hydrogen-bond donors (Lipinski definition) is 1. The summed E-state index contributed by atoms with van der Waals surface area (Å²) in [5.41, 5.74) is 3.37. The zero-order valence-corrected chi connectivity index (χ0v) is 8.03. The van der Waals surface area contributed by atoms with Crippen molar-refractivity contribution < 1.29 is 4.79 Å². The zero-order chi connectivity index (χ0) is 9.97. The molecule has 0 bridgehead atoms. The lowest BCUT2D eigenvalue weighted by Crippen LogP contribution is -2.15. The molecule has 0 spiro atoms. The van der Waals surface area contributed by atoms with Crippen molar-refractivity contribution in [1.82, 2.24) is 0 Å². The van der Waals surface area contributed by atoms with Gasteiger partial charge >= 0.3 is 0 Å². The van der Waals surface area contributed by atoms with Gasteiger partial charge in [0.1, 0.15) is 6.29 Å². The van der Waals surface area contributed by atoms with Gasteiger partial charge in [0.05, 0.1) is 18.0 Å². The molecule has 1 aliphatic rings. The van der Waals surface area contributed by atoms with Crippen molar-refractivity contribution >= 4 is 23.7 Å². The third-order valence-corrected chi connectivity index (χ3v) is 2.31. The Morgan fingerprint density at radius 3 is 3.14 bits per heavy atom. The maximum atomic E-state index is 10.2. The molecule has 1 heterocycles. The van der Waals surface area contributed by atoms with Crippen LogP contribution >= 0.6 is 0 Å². The molecule has 1 aromatic rings. The van der Waals surface area contributed by atoms with Gasteiger partial charge in [-0.2, -0.15) is 0 Å². The highest BCUT2D eigenvalue weighted by atomic mass is 16.1. The monoisotopic (exact) mass is 188 g/mol. The van der Waals surface area contributed by atoms with Gasteiger partial charge in [-0.05, 0) is 23.8 Å². The highest BCUT2D eigenvalue weighted by Crippen LogP contribution is 2.30. The van der Waals surface area contributed by atoms with Crippen LogP contribution in [0.3, 0.4) is 0 Å². The average molecular weight is 188 g/mol. The number of allylic oxidation sites excluding steroid dienone is 1. The summed E-state index contributed by atoms with van der Waals surface area (Å²) in [4.78, 5) is 12.3. The summed E-state index contributed by atoms with van der Waals surface area (Å²) < 4.78 is 0. The molecule has 1 N–H and O–H groups in total. The highest BCUT2D eigenvalue weighted by Gasteiger charge is 2.13. The summed E-state index contributed by atoms with van der Waals surface area (Å²) in [6, 6.07) is 6.10. The molecule has 0 aliphatic carbocycles. The number of benzene rings is 1. The molecule has 0 aromatic heterocycles. The van der Waals surface area contributed by atoms with Crippen molar-refractivity contribution in [3.8, 4) is 0 Å². The maximum absolute atomic E-state index is 10.2. The second-order valence-electron chi connectivity index (χ2n) is 3.30. The van der Waals surface area contributed by atoms with Gasteiger partial charge in [0.15, 0.2) is 0 Å². The lowest BCUT2D eigenvalue weighted by Gasteiger charge is -2.09. The van der Waals surface area contributed by atoms with Gasteiger partial charge in [-0.3, -0.25) is 4.79 Å². The van der Waals surface area contributed by atoms with Crippen LogP contribution in [0, 0.1) is 0 Å². The first-order valence-corrected chi connectivity index (χ1v) is 4.52. The van der Waals surface area contributed by atoms with Gasteiger partial charge in [0, 0.05) is 7.05 Å². The van der Waals surface area contributed by atoms with Crippen LogP contribution in [0.1, 0.15) is 5.56 Å². The standard InChI is InChI=1S/C11H12N2O/c1-13-8-12-10-7-9(3-2-6-14)4-5-11(10)13/h2-7,12H,8H2,1H3/b3-2+. The number of fused-ring (bicyclic) bond motifs is 1. The van der Waals surface area contributed by atoms with Crippen LogP contribution in [-0.4, -0.2) is 20.0 Å². The van der Waals surface area contributed by atoms with E-state index in [4.69, 9.17) is 0 Å². The Kier molecular flexibility index (Phi) is 2.23. The first-order chi connectivity index (χ1) is 6.81. The van der Waals surface area contributed by atoms with Crippen LogP contribution in [0.15, 0.2) is 24.3 Å². The Balaban J connectivity index is 2.32. The summed E-state index contributed by atoms with van der Waals surface area (Å²) >= 11 is 0. The largest absolute Gasteiger partial charge is 0.366 e. The normalized spacial score (nSPS) is 14.2. The fourth-order valence-corrected chi connectivity index (χ4v) is 1.57. The highest BCUT2D eigenvalue weighted by molar-refractivity contribution is 5.80. The van der Waals surface area contributed by atoms with E-state index in [-0.39, 0.29) is 0 Å². The third kappa shape index (κ3) is 1.48. The number of hydrogen-bond acceptors (Lipinski definition) is 3. The minimum Gasteiger partial charge on any atom is -0.366 e. The molecule has 3 nitrogen and oxygen atoms in total. The van der Waals surface area contributed by atoms with Crippen molar-refractivity contribution in [3.63, 3.8) is 0 Å². The summed E-state index contributed by atoms with van der Waals surface area (Å²) in [6.07, 6.45) is 4.08. The molecule has 0 radical (unpaired) electrons. The second kappa shape index (κ2) is 3.54. The predicted molar refractivity (Wildman–Crippen MR) is 58.4 cm³/mol. The number of carbonyl (C=O) groups is 1. The topological polar surface area (TPSA) is 32.3 Å². The molecule has 1 aromatic carbocycles. The first kappa shape index (κ1) is 8.81. The van der Waals surface area contributed by atoms with Crippen molar-refractivity contribution in [3.05, 3.63) is 29.8 Å². The van der Waals surface area contributed by atoms with E-state index in [0.29, 0.717) is 0 Å². The fourth-order valence-electron chi connectivity index (χ4n) is 1.57. The fraction of sp³-hybridized carbons (Fsp3) is 0.182. The van der Waals surface area contributed by atoms with E-state index >= 15 is 0 Å². The van der Waals surface area contributed by atoms with Gasteiger partial charge < -0.3 is 10.2 Å². The van der Waals surface area contributed by atoms with E-state index in [2.05, 4.69) is 16.3 Å². The van der Waals surface area contributed by atoms with Crippen molar-refractivity contribution in [2.24, 2.45) is 0 Å². The predicted octanol–water partition coefficient (Wildman–Crippen LogP) is 1.72. The molecule has 2 rings (SSSR count). The average Bonchev–Trinajstić information content (AvgIpc) is 2.57. The summed E-state index contributed by atoms with van der Waals surface area (Å²) in [6.45, 7) is 0.843. The third-order valence-electron chi connectivity index (χ3n) is 2.31. The Hall–Kier alpha value is -1.77. The van der Waals surface area contributed by atoms with E-state index in [0.717, 1.165) is 24.2 Å². The van der Waals surface area contributed by atoms with E-state index in [1.54, 1.807) is 6.08 Å². The van der Waals surface area contributed by atoms with E-state index in [1.165, 1.54) is 11.8 Å². The molecular formula is C11H12N2O. The molecule has 0 saturated carbocycles. The summed E-state index contributed by atoms with van der Waals surface area (Å²) in [7, 11) is 2.04. The van der Waals surface area contributed by atoms with Gasteiger partial charge in [0.2, 0.25) is 0 Å². The molecule has 0 unspecified atom stereocenters. The van der Waals surface area contributed by atoms with Crippen LogP contribution in [-0.2, 0) is 4.79 Å². The van der Waals surface area contributed by atoms with E-state index < -0.39 is 0 Å². The molecule has 0 amide bonds. The molecule has 0 saturated heterocycles. The van der Waals surface area contributed by atoms with Crippen LogP contribution in [0.2, 0.25) is 0 Å². The van der Waals surface area contributed by atoms with Gasteiger partial charge in [-0.15, -0.1) is 0 Å². The molecular weight excluding hydrogens is 176 g/mol. The van der Waals surface area contributed by atoms with Crippen molar-refractivity contribution in [2.75, 3.05) is 23.9 Å². The van der Waals surface area contributed by atoms with E-state index in [9.17, 15) is 4.79 Å². The van der Waals surface area contributed by atoms with Gasteiger partial charge in [-0.1, -0.05) is 12.1 Å². The number of carbonyl (C=O) groups excluding carboxylic acids is 1. The number of nitrogens with one attached hydrogen (secondary N) is 1. The number of aldehydes is 1. The first-order valence-electron chi connectivity index (χ1n) is 4.52. The Labute approximate surface area is 83.0 Å². The van der Waals surface area contributed by atoms with Crippen LogP contribution in [0.5, 0.6) is 0 Å². The van der Waals surface area contributed by atoms with E-state index in [1.807, 2.05) is 19.2 Å². The molecule has 0 atom stereocenters. The maximum Gasteiger partial charge on any atom is 0.142 e. The van der Waals surface area contributed by atoms with Crippen molar-refractivity contribution in [1.29, 1.82) is 0 Å². The molecule has 0 fully saturated rings. The van der Waals surface area contributed by atoms with Crippen LogP contribution in [0.25, 0.3) is 6.08 Å². The van der Waals surface area contributed by atoms with Gasteiger partial charge in [0.25, 0.3) is 0 Å². The van der Waals surface area contributed by atoms with Crippen LogP contribution < -0.4 is 10.2 Å². The summed E-state index contributed by atoms with van der Waals surface area (Å²) in [5, 5.41) is 3.27. The number of anilines is 2. The lowest BCUT2D eigenvalue weighted by molar-refractivity contribution is -0.104. The Morgan fingerprint density at radius 1 is 1.50 bits per heavy atom. The SMILES string of the molecule is CN1CNc2cc(/C=C/C=O)ccc21. The molecule has 3 heteroatoms. The Morgan fingerprint density at radius 2 is 2.36 bits per heavy atom. The number of rotatable bonds is 2. The van der Waals surface area contributed by atoms with Gasteiger partial charge in [-0.25, -0.2) is 0 Å². The number of nitrogens with zero attached hydrogens (tertiary/aromatic N) is 1. The minimum absolute atomic E-state index is 0.785. The van der Waals surface area contributed by atoms with Crippen molar-refractivity contribution in [2.45, 2.75) is 0 Å². The smallest absolute Gasteiger partial charge is 0.142 e. The second-order valence-corrected chi connectivity index (χ2v) is 3.30. The quantitative estimate of drug-likeness (QED) is 0.566. The summed E-state index contributed by atoms with van der Waals surface area (Å²) in [5.74, 6) is 0. The molecule has 72 valence electrons.